The van der Waals surface area contributed by atoms with Gasteiger partial charge in [0.05, 0.1) is 22.7 Å². The van der Waals surface area contributed by atoms with Gasteiger partial charge in [-0.05, 0) is 55.2 Å². The third-order valence-electron chi connectivity index (χ3n) is 4.84. The van der Waals surface area contributed by atoms with Crippen molar-refractivity contribution in [2.75, 3.05) is 0 Å². The Balaban J connectivity index is 0.000000169. The average molecular weight is 406 g/mol. The molecule has 1 aromatic carbocycles. The van der Waals surface area contributed by atoms with E-state index in [1.165, 1.54) is 27.9 Å². The molecule has 5 heteroatoms. The minimum Gasteiger partial charge on any atom is -0.443 e. The summed E-state index contributed by atoms with van der Waals surface area (Å²) in [4.78, 5) is 6.43. The van der Waals surface area contributed by atoms with E-state index in [2.05, 4.69) is 68.4 Å². The molecule has 0 aliphatic carbocycles. The fourth-order valence-corrected chi connectivity index (χ4v) is 4.29. The third kappa shape index (κ3) is 4.60. The highest BCUT2D eigenvalue weighted by atomic mass is 32.1. The van der Waals surface area contributed by atoms with E-state index in [9.17, 15) is 0 Å². The van der Waals surface area contributed by atoms with Crippen molar-refractivity contribution in [3.8, 4) is 16.7 Å². The first-order valence-corrected chi connectivity index (χ1v) is 10.8. The molecule has 0 saturated heterocycles. The summed E-state index contributed by atoms with van der Waals surface area (Å²) in [6.07, 6.45) is 3.21. The number of thiophene rings is 1. The van der Waals surface area contributed by atoms with E-state index in [0.717, 1.165) is 22.7 Å². The number of fused-ring (bicyclic) bond motifs is 1. The van der Waals surface area contributed by atoms with Gasteiger partial charge in [0.25, 0.3) is 0 Å². The molecule has 0 saturated carbocycles. The van der Waals surface area contributed by atoms with Crippen molar-refractivity contribution in [3.05, 3.63) is 65.1 Å². The molecule has 0 spiro atoms. The predicted octanol–water partition coefficient (Wildman–Crippen LogP) is 7.18. The Hall–Kier alpha value is -2.84. The molecular weight excluding hydrogens is 378 g/mol. The van der Waals surface area contributed by atoms with Crippen LogP contribution in [-0.2, 0) is 6.54 Å². The molecule has 29 heavy (non-hydrogen) atoms. The minimum atomic E-state index is 0.512. The molecule has 0 unspecified atom stereocenters. The first-order chi connectivity index (χ1) is 13.9. The van der Waals surface area contributed by atoms with Crippen molar-refractivity contribution in [3.63, 3.8) is 0 Å². The van der Waals surface area contributed by atoms with Crippen LogP contribution in [0.2, 0.25) is 0 Å². The maximum atomic E-state index is 8.88. The lowest BCUT2D eigenvalue weighted by atomic mass is 10.1. The molecule has 0 atom stereocenters. The van der Waals surface area contributed by atoms with Gasteiger partial charge in [0.15, 0.2) is 12.2 Å². The standard InChI is InChI=1S/C14H16N2.C10H11NOS/c1-4-16-13-6-5-11(9-15)7-12(13)8-14(16)10(2)3;1-7(2)9-3-4-10(13-9)8-5-11-6-12-8/h5-8,10H,4H2,1-3H3;3-7H,1-2H3. The third-order valence-corrected chi connectivity index (χ3v) is 6.24. The molecule has 0 bridgehead atoms. The van der Waals surface area contributed by atoms with E-state index in [-0.39, 0.29) is 0 Å². The van der Waals surface area contributed by atoms with Crippen LogP contribution >= 0.6 is 11.3 Å². The van der Waals surface area contributed by atoms with Gasteiger partial charge in [-0.25, -0.2) is 4.98 Å². The molecule has 150 valence electrons. The lowest BCUT2D eigenvalue weighted by molar-refractivity contribution is 0.573. The molecule has 0 aliphatic rings. The first-order valence-electron chi connectivity index (χ1n) is 9.96. The zero-order valence-corrected chi connectivity index (χ0v) is 18.5. The Kier molecular flexibility index (Phi) is 6.56. The molecule has 4 aromatic rings. The van der Waals surface area contributed by atoms with E-state index >= 15 is 0 Å². The largest absolute Gasteiger partial charge is 0.443 e. The number of aryl methyl sites for hydroxylation is 1. The highest BCUT2D eigenvalue weighted by molar-refractivity contribution is 7.15. The summed E-state index contributed by atoms with van der Waals surface area (Å²) < 4.78 is 7.53. The molecule has 0 aliphatic heterocycles. The maximum Gasteiger partial charge on any atom is 0.181 e. The van der Waals surface area contributed by atoms with E-state index in [4.69, 9.17) is 9.68 Å². The molecule has 3 aromatic heterocycles. The zero-order valence-electron chi connectivity index (χ0n) is 17.6. The first kappa shape index (κ1) is 20.9. The second-order valence-corrected chi connectivity index (χ2v) is 8.69. The Morgan fingerprint density at radius 3 is 2.45 bits per heavy atom. The number of nitrogens with zero attached hydrogens (tertiary/aromatic N) is 3. The molecule has 0 N–H and O–H groups in total. The summed E-state index contributed by atoms with van der Waals surface area (Å²) in [5.41, 5.74) is 3.30. The number of aromatic nitrogens is 2. The van der Waals surface area contributed by atoms with E-state index in [1.54, 1.807) is 17.5 Å². The summed E-state index contributed by atoms with van der Waals surface area (Å²) in [5.74, 6) is 1.96. The van der Waals surface area contributed by atoms with Crippen LogP contribution in [0.1, 0.15) is 62.6 Å². The number of nitriles is 1. The summed E-state index contributed by atoms with van der Waals surface area (Å²) in [7, 11) is 0. The van der Waals surface area contributed by atoms with Gasteiger partial charge in [-0.3, -0.25) is 0 Å². The van der Waals surface area contributed by atoms with E-state index in [0.29, 0.717) is 11.8 Å². The summed E-state index contributed by atoms with van der Waals surface area (Å²) in [6, 6.07) is 14.5. The van der Waals surface area contributed by atoms with E-state index in [1.807, 2.05) is 18.2 Å². The van der Waals surface area contributed by atoms with Crippen LogP contribution in [0.4, 0.5) is 0 Å². The number of hydrogen-bond donors (Lipinski definition) is 0. The van der Waals surface area contributed by atoms with E-state index < -0.39 is 0 Å². The second kappa shape index (κ2) is 9.11. The second-order valence-electron chi connectivity index (χ2n) is 7.58. The van der Waals surface area contributed by atoms with Gasteiger partial charge in [-0.15, -0.1) is 11.3 Å². The lowest BCUT2D eigenvalue weighted by Gasteiger charge is -2.10. The zero-order chi connectivity index (χ0) is 21.0. The van der Waals surface area contributed by atoms with Gasteiger partial charge in [0, 0.05) is 28.0 Å². The van der Waals surface area contributed by atoms with Crippen molar-refractivity contribution >= 4 is 22.2 Å². The van der Waals surface area contributed by atoms with Gasteiger partial charge in [0.2, 0.25) is 0 Å². The molecule has 4 nitrogen and oxygen atoms in total. The predicted molar refractivity (Wildman–Crippen MR) is 120 cm³/mol. The van der Waals surface area contributed by atoms with Gasteiger partial charge >= 0.3 is 0 Å². The van der Waals surface area contributed by atoms with Crippen LogP contribution in [0.25, 0.3) is 21.5 Å². The van der Waals surface area contributed by atoms with Crippen molar-refractivity contribution in [2.45, 2.75) is 53.0 Å². The van der Waals surface area contributed by atoms with Crippen molar-refractivity contribution in [1.82, 2.24) is 9.55 Å². The van der Waals surface area contributed by atoms with Crippen molar-refractivity contribution in [1.29, 1.82) is 5.26 Å². The highest BCUT2D eigenvalue weighted by Crippen LogP contribution is 2.31. The quantitative estimate of drug-likeness (QED) is 0.361. The molecular formula is C24H27N3OS. The molecule has 4 rings (SSSR count). The summed E-state index contributed by atoms with van der Waals surface area (Å²) in [5, 5.41) is 10.1. The number of oxazole rings is 1. The normalized spacial score (nSPS) is 11.0. The monoisotopic (exact) mass is 405 g/mol. The van der Waals surface area contributed by atoms with Crippen LogP contribution in [-0.4, -0.2) is 9.55 Å². The fraction of sp³-hybridized carbons (Fsp3) is 0.333. The van der Waals surface area contributed by atoms with Crippen LogP contribution in [0.15, 0.2) is 53.4 Å². The number of hydrogen-bond acceptors (Lipinski definition) is 4. The average Bonchev–Trinajstić information content (AvgIpc) is 3.46. The van der Waals surface area contributed by atoms with Gasteiger partial charge in [-0.2, -0.15) is 5.26 Å². The highest BCUT2D eigenvalue weighted by Gasteiger charge is 2.10. The van der Waals surface area contributed by atoms with Gasteiger partial charge < -0.3 is 8.98 Å². The maximum absolute atomic E-state index is 8.88. The Morgan fingerprint density at radius 2 is 1.90 bits per heavy atom. The Morgan fingerprint density at radius 1 is 1.10 bits per heavy atom. The smallest absolute Gasteiger partial charge is 0.181 e. The molecule has 0 radical (unpaired) electrons. The Labute approximate surface area is 176 Å². The van der Waals surface area contributed by atoms with Crippen LogP contribution in [0.3, 0.4) is 0 Å². The van der Waals surface area contributed by atoms with Crippen molar-refractivity contribution in [2.24, 2.45) is 0 Å². The number of rotatable bonds is 4. The van der Waals surface area contributed by atoms with Crippen LogP contribution in [0.5, 0.6) is 0 Å². The van der Waals surface area contributed by atoms with Crippen molar-refractivity contribution < 1.29 is 4.42 Å². The molecule has 0 fully saturated rings. The fourth-order valence-electron chi connectivity index (χ4n) is 3.33. The van der Waals surface area contributed by atoms with Crippen LogP contribution < -0.4 is 0 Å². The lowest BCUT2D eigenvalue weighted by Crippen LogP contribution is -2.01. The molecule has 3 heterocycles. The summed E-state index contributed by atoms with van der Waals surface area (Å²) >= 11 is 1.76. The number of benzene rings is 1. The summed E-state index contributed by atoms with van der Waals surface area (Å²) in [6.45, 7) is 11.9. The van der Waals surface area contributed by atoms with Crippen LogP contribution in [0, 0.1) is 11.3 Å². The topological polar surface area (TPSA) is 54.8 Å². The molecule has 0 amide bonds. The van der Waals surface area contributed by atoms with Gasteiger partial charge in [0.1, 0.15) is 0 Å². The minimum absolute atomic E-state index is 0.512. The SMILES string of the molecule is CC(C)c1ccc(-c2cnco2)s1.CCn1c(C(C)C)cc2cc(C#N)ccc21. The van der Waals surface area contributed by atoms with Gasteiger partial charge in [-0.1, -0.05) is 27.7 Å². The Bertz CT molecular complexity index is 1110.